The minimum absolute atomic E-state index is 1.20. The lowest BCUT2D eigenvalue weighted by Crippen LogP contribution is -2.01. The molecule has 2 aromatic heterocycles. The van der Waals surface area contributed by atoms with Gasteiger partial charge in [0.2, 0.25) is 0 Å². The number of hydrogen-bond donors (Lipinski definition) is 0. The summed E-state index contributed by atoms with van der Waals surface area (Å²) in [6.45, 7) is 0. The molecule has 0 radical (unpaired) electrons. The first-order valence-corrected chi connectivity index (χ1v) is 18.6. The monoisotopic (exact) mass is 670 g/mol. The number of hydrogen-bond acceptors (Lipinski definition) is 2. The van der Waals surface area contributed by atoms with Gasteiger partial charge in [-0.3, -0.25) is 0 Å². The molecule has 4 heterocycles. The Hall–Kier alpha value is -5.68. The zero-order chi connectivity index (χ0) is 32.5. The fourth-order valence-corrected chi connectivity index (χ4v) is 10.9. The van der Waals surface area contributed by atoms with Gasteiger partial charge in [0.05, 0.1) is 22.1 Å². The van der Waals surface area contributed by atoms with E-state index in [1.165, 1.54) is 108 Å². The van der Waals surface area contributed by atoms with Crippen LogP contribution in [-0.4, -0.2) is 9.13 Å². The normalized spacial score (nSPS) is 13.0. The smallest absolute Gasteiger partial charge is 0.0541 e. The number of para-hydroxylation sites is 4. The van der Waals surface area contributed by atoms with E-state index in [2.05, 4.69) is 167 Å². The van der Waals surface area contributed by atoms with Crippen LogP contribution in [0.2, 0.25) is 0 Å². The summed E-state index contributed by atoms with van der Waals surface area (Å²) < 4.78 is 4.84. The molecule has 0 amide bonds. The quantitative estimate of drug-likeness (QED) is 0.181. The summed E-state index contributed by atoms with van der Waals surface area (Å²) in [5, 5.41) is 7.92. The Labute approximate surface area is 296 Å². The Morgan fingerprint density at radius 3 is 1.02 bits per heavy atom. The van der Waals surface area contributed by atoms with Crippen LogP contribution in [0.3, 0.4) is 0 Å². The predicted molar refractivity (Wildman–Crippen MR) is 212 cm³/mol. The van der Waals surface area contributed by atoms with E-state index in [0.717, 1.165) is 0 Å². The third-order valence-corrected chi connectivity index (χ3v) is 12.9. The summed E-state index contributed by atoms with van der Waals surface area (Å²) in [7, 11) is 0. The zero-order valence-corrected chi connectivity index (χ0v) is 28.4. The highest BCUT2D eigenvalue weighted by atomic mass is 32.2. The van der Waals surface area contributed by atoms with E-state index in [-0.39, 0.29) is 0 Å². The summed E-state index contributed by atoms with van der Waals surface area (Å²) in [6.07, 6.45) is 0. The molecule has 0 aliphatic carbocycles. The van der Waals surface area contributed by atoms with E-state index >= 15 is 0 Å². The summed E-state index contributed by atoms with van der Waals surface area (Å²) in [5.41, 5.74) is 12.6. The maximum Gasteiger partial charge on any atom is 0.0541 e. The van der Waals surface area contributed by atoms with Gasteiger partial charge < -0.3 is 9.13 Å². The molecule has 50 heavy (non-hydrogen) atoms. The molecule has 4 heteroatoms. The molecule has 0 bridgehead atoms. The van der Waals surface area contributed by atoms with Crippen molar-refractivity contribution in [2.45, 2.75) is 19.6 Å². The van der Waals surface area contributed by atoms with Gasteiger partial charge in [-0.25, -0.2) is 0 Å². The van der Waals surface area contributed by atoms with Gasteiger partial charge in [0.1, 0.15) is 0 Å². The number of aromatic nitrogens is 2. The molecule has 0 saturated carbocycles. The maximum atomic E-state index is 2.42. The van der Waals surface area contributed by atoms with Crippen molar-refractivity contribution in [2.75, 3.05) is 0 Å². The van der Waals surface area contributed by atoms with Crippen molar-refractivity contribution in [3.05, 3.63) is 158 Å². The van der Waals surface area contributed by atoms with Crippen molar-refractivity contribution in [1.82, 2.24) is 9.13 Å². The minimum Gasteiger partial charge on any atom is -0.309 e. The van der Waals surface area contributed by atoms with Crippen LogP contribution >= 0.6 is 23.5 Å². The zero-order valence-electron chi connectivity index (χ0n) is 26.7. The molecular weight excluding hydrogens is 645 g/mol. The van der Waals surface area contributed by atoms with Gasteiger partial charge in [0.25, 0.3) is 0 Å². The highest BCUT2D eigenvalue weighted by Gasteiger charge is 2.27. The van der Waals surface area contributed by atoms with Crippen molar-refractivity contribution in [1.29, 1.82) is 0 Å². The van der Waals surface area contributed by atoms with Crippen LogP contribution in [0.15, 0.2) is 177 Å². The van der Waals surface area contributed by atoms with E-state index < -0.39 is 0 Å². The van der Waals surface area contributed by atoms with Crippen molar-refractivity contribution in [3.63, 3.8) is 0 Å². The van der Waals surface area contributed by atoms with E-state index in [0.29, 0.717) is 0 Å². The second kappa shape index (κ2) is 9.95. The largest absolute Gasteiger partial charge is 0.309 e. The van der Waals surface area contributed by atoms with Crippen LogP contribution in [0.4, 0.5) is 0 Å². The van der Waals surface area contributed by atoms with Crippen molar-refractivity contribution >= 4 is 77.9 Å². The highest BCUT2D eigenvalue weighted by Crippen LogP contribution is 2.56. The maximum absolute atomic E-state index is 2.42. The molecule has 0 N–H and O–H groups in total. The van der Waals surface area contributed by atoms with Gasteiger partial charge in [-0.1, -0.05) is 121 Å². The molecule has 0 atom stereocenters. The Morgan fingerprint density at radius 2 is 0.640 bits per heavy atom. The second-order valence-corrected chi connectivity index (χ2v) is 15.4. The molecular formula is C46H26N2S2. The third-order valence-electron chi connectivity index (χ3n) is 10.7. The lowest BCUT2D eigenvalue weighted by atomic mass is 9.91. The Morgan fingerprint density at radius 1 is 0.300 bits per heavy atom. The molecule has 0 unspecified atom stereocenters. The lowest BCUT2D eigenvalue weighted by molar-refractivity contribution is 1.16. The molecule has 2 aliphatic rings. The van der Waals surface area contributed by atoms with Crippen LogP contribution in [0.25, 0.3) is 88.0 Å². The molecule has 0 spiro atoms. The van der Waals surface area contributed by atoms with Gasteiger partial charge in [-0.05, 0) is 82.9 Å². The van der Waals surface area contributed by atoms with Crippen molar-refractivity contribution in [2.24, 2.45) is 0 Å². The first kappa shape index (κ1) is 27.2. The summed E-state index contributed by atoms with van der Waals surface area (Å²) >= 11 is 3.81. The molecule has 12 rings (SSSR count). The van der Waals surface area contributed by atoms with Gasteiger partial charge >= 0.3 is 0 Å². The number of rotatable bonds is 2. The van der Waals surface area contributed by atoms with E-state index in [4.69, 9.17) is 0 Å². The number of fused-ring (bicyclic) bond motifs is 10. The molecule has 8 aromatic carbocycles. The Kier molecular flexibility index (Phi) is 5.41. The van der Waals surface area contributed by atoms with Crippen LogP contribution in [0.1, 0.15) is 0 Å². The van der Waals surface area contributed by atoms with E-state index in [1.807, 2.05) is 23.5 Å². The predicted octanol–water partition coefficient (Wildman–Crippen LogP) is 13.3. The summed E-state index contributed by atoms with van der Waals surface area (Å²) in [6, 6.07) is 58.5. The molecule has 2 aliphatic heterocycles. The standard InChI is InChI=1S/C46H26N2S2/c1-5-13-37-29(9-1)30-10-2-6-14-38(30)47(37)27-17-19-33-35-21-22-36-34-20-18-28(48-39-15-7-3-11-31(39)32-12-4-8-16-40(32)48)26-44(34)50-42-24-23-41(45(35)46(36)42)49-43(33)25-27/h1-26H. The van der Waals surface area contributed by atoms with E-state index in [9.17, 15) is 0 Å². The molecule has 10 aromatic rings. The van der Waals surface area contributed by atoms with Gasteiger partial charge in [-0.15, -0.1) is 0 Å². The van der Waals surface area contributed by atoms with Crippen LogP contribution in [0, 0.1) is 0 Å². The Balaban J connectivity index is 1.01. The van der Waals surface area contributed by atoms with Crippen molar-refractivity contribution < 1.29 is 0 Å². The van der Waals surface area contributed by atoms with Gasteiger partial charge in [-0.2, -0.15) is 0 Å². The lowest BCUT2D eigenvalue weighted by Gasteiger charge is -2.27. The van der Waals surface area contributed by atoms with Crippen LogP contribution in [0.5, 0.6) is 0 Å². The summed E-state index contributed by atoms with van der Waals surface area (Å²) in [4.78, 5) is 5.27. The van der Waals surface area contributed by atoms with Crippen molar-refractivity contribution in [3.8, 4) is 33.6 Å². The van der Waals surface area contributed by atoms with Crippen LogP contribution in [-0.2, 0) is 0 Å². The third kappa shape index (κ3) is 3.57. The molecule has 2 nitrogen and oxygen atoms in total. The summed E-state index contributed by atoms with van der Waals surface area (Å²) in [5.74, 6) is 0. The first-order chi connectivity index (χ1) is 24.8. The minimum atomic E-state index is 1.20. The fourth-order valence-electron chi connectivity index (χ4n) is 8.60. The highest BCUT2D eigenvalue weighted by molar-refractivity contribution is 8.00. The van der Waals surface area contributed by atoms with Crippen LogP contribution < -0.4 is 0 Å². The topological polar surface area (TPSA) is 9.86 Å². The molecule has 0 saturated heterocycles. The number of nitrogens with zero attached hydrogens (tertiary/aromatic N) is 2. The molecule has 0 fully saturated rings. The first-order valence-electron chi connectivity index (χ1n) is 17.0. The SMILES string of the molecule is c1ccc2c(c1)c1ccccc1n2-c1ccc2c(c1)Sc1ccc3c4c(ccc-2c14)-c1ccc(-n2c4ccccc4c4ccccc42)cc1S3. The Bertz CT molecular complexity index is 2790. The van der Waals surface area contributed by atoms with E-state index in [1.54, 1.807) is 0 Å². The number of benzene rings is 8. The second-order valence-electron chi connectivity index (χ2n) is 13.3. The average molecular weight is 671 g/mol. The average Bonchev–Trinajstić information content (AvgIpc) is 3.69. The molecule has 232 valence electrons. The fraction of sp³-hybridized carbons (Fsp3) is 0. The van der Waals surface area contributed by atoms with Gasteiger partial charge in [0.15, 0.2) is 0 Å². The van der Waals surface area contributed by atoms with Gasteiger partial charge in [0, 0.05) is 63.3 Å².